The van der Waals surface area contributed by atoms with Crippen LogP contribution in [0.5, 0.6) is 0 Å². The summed E-state index contributed by atoms with van der Waals surface area (Å²) in [4.78, 5) is 2.26. The van der Waals surface area contributed by atoms with Crippen molar-refractivity contribution >= 4 is 16.6 Å². The number of hydrogen-bond acceptors (Lipinski definition) is 4. The van der Waals surface area contributed by atoms with E-state index in [0.29, 0.717) is 0 Å². The summed E-state index contributed by atoms with van der Waals surface area (Å²) < 4.78 is 2.16. The molecule has 3 heterocycles. The number of aliphatic hydroxyl groups is 1. The van der Waals surface area contributed by atoms with E-state index in [-0.39, 0.29) is 6.10 Å². The van der Waals surface area contributed by atoms with Crippen molar-refractivity contribution in [3.63, 3.8) is 0 Å². The second kappa shape index (κ2) is 5.89. The van der Waals surface area contributed by atoms with Crippen molar-refractivity contribution < 1.29 is 5.11 Å². The van der Waals surface area contributed by atoms with Gasteiger partial charge in [-0.05, 0) is 56.5 Å². The van der Waals surface area contributed by atoms with Crippen molar-refractivity contribution in [3.8, 4) is 0 Å². The molecule has 4 rings (SSSR count). The van der Waals surface area contributed by atoms with Gasteiger partial charge >= 0.3 is 0 Å². The number of aliphatic hydroxyl groups excluding tert-OH is 1. The number of aromatic nitrogens is 2. The average molecular weight is 300 g/mol. The fourth-order valence-corrected chi connectivity index (χ4v) is 3.70. The maximum Gasteiger partial charge on any atom is 0.0731 e. The molecule has 5 nitrogen and oxygen atoms in total. The van der Waals surface area contributed by atoms with Crippen LogP contribution in [0.2, 0.25) is 0 Å². The Kier molecular flexibility index (Phi) is 3.76. The second-order valence-electron chi connectivity index (χ2n) is 6.65. The van der Waals surface area contributed by atoms with Gasteiger partial charge in [0.2, 0.25) is 0 Å². The predicted molar refractivity (Wildman–Crippen MR) is 88.2 cm³/mol. The fourth-order valence-electron chi connectivity index (χ4n) is 3.70. The molecule has 22 heavy (non-hydrogen) atoms. The first-order valence-corrected chi connectivity index (χ1v) is 8.39. The van der Waals surface area contributed by atoms with Gasteiger partial charge in [0.15, 0.2) is 0 Å². The highest BCUT2D eigenvalue weighted by Crippen LogP contribution is 2.26. The summed E-state index contributed by atoms with van der Waals surface area (Å²) in [6.07, 6.45) is 5.15. The first-order valence-electron chi connectivity index (χ1n) is 8.39. The summed E-state index contributed by atoms with van der Waals surface area (Å²) in [5.74, 6) is 0.734. The van der Waals surface area contributed by atoms with Gasteiger partial charge in [-0.1, -0.05) is 0 Å². The number of β-amino-alcohol motifs (C(OH)–C–C–N with tert-alkyl or cyclic N) is 1. The molecule has 118 valence electrons. The molecular formula is C17H24N4O. The van der Waals surface area contributed by atoms with Crippen molar-refractivity contribution in [2.75, 3.05) is 31.1 Å². The lowest BCUT2D eigenvalue weighted by Crippen LogP contribution is -2.30. The number of benzene rings is 1. The summed E-state index contributed by atoms with van der Waals surface area (Å²) in [5.41, 5.74) is 2.42. The Bertz CT molecular complexity index is 647. The van der Waals surface area contributed by atoms with Gasteiger partial charge in [-0.25, -0.2) is 0 Å². The zero-order valence-corrected chi connectivity index (χ0v) is 12.9. The molecule has 2 aromatic rings. The maximum atomic E-state index is 9.70. The van der Waals surface area contributed by atoms with Crippen molar-refractivity contribution in [2.24, 2.45) is 5.92 Å². The summed E-state index contributed by atoms with van der Waals surface area (Å²) in [6, 6.07) is 6.56. The van der Waals surface area contributed by atoms with Gasteiger partial charge < -0.3 is 15.3 Å². The number of fused-ring (bicyclic) bond motifs is 1. The number of hydrogen-bond donors (Lipinski definition) is 2. The highest BCUT2D eigenvalue weighted by atomic mass is 16.3. The molecule has 1 unspecified atom stereocenters. The lowest BCUT2D eigenvalue weighted by molar-refractivity contribution is 0.198. The molecule has 1 atom stereocenters. The van der Waals surface area contributed by atoms with E-state index >= 15 is 0 Å². The zero-order chi connectivity index (χ0) is 14.9. The standard InChI is InChI=1S/C17H24N4O/c22-16-5-8-20(12-16)15-1-2-17-14(9-15)10-19-21(17)11-13-3-6-18-7-4-13/h1-2,9-10,13,16,18,22H,3-8,11-12H2. The van der Waals surface area contributed by atoms with E-state index in [4.69, 9.17) is 0 Å². The number of anilines is 1. The molecule has 0 spiro atoms. The number of piperidine rings is 1. The Hall–Kier alpha value is -1.59. The molecule has 2 saturated heterocycles. The lowest BCUT2D eigenvalue weighted by Gasteiger charge is -2.22. The third-order valence-electron chi connectivity index (χ3n) is 5.04. The first-order chi connectivity index (χ1) is 10.8. The third kappa shape index (κ3) is 2.71. The predicted octanol–water partition coefficient (Wildman–Crippen LogP) is 1.61. The topological polar surface area (TPSA) is 53.3 Å². The summed E-state index contributed by atoms with van der Waals surface area (Å²) in [6.45, 7) is 4.97. The second-order valence-corrected chi connectivity index (χ2v) is 6.65. The van der Waals surface area contributed by atoms with Gasteiger partial charge in [0.25, 0.3) is 0 Å². The third-order valence-corrected chi connectivity index (χ3v) is 5.04. The van der Waals surface area contributed by atoms with E-state index in [1.165, 1.54) is 29.4 Å². The quantitative estimate of drug-likeness (QED) is 0.904. The molecule has 2 aliphatic heterocycles. The largest absolute Gasteiger partial charge is 0.391 e. The van der Waals surface area contributed by atoms with Crippen LogP contribution in [-0.2, 0) is 6.54 Å². The van der Waals surface area contributed by atoms with Gasteiger partial charge in [0, 0.05) is 30.7 Å². The highest BCUT2D eigenvalue weighted by Gasteiger charge is 2.21. The molecule has 0 bridgehead atoms. The number of rotatable bonds is 3. The number of nitrogens with one attached hydrogen (secondary N) is 1. The minimum atomic E-state index is -0.182. The van der Waals surface area contributed by atoms with E-state index in [0.717, 1.165) is 45.1 Å². The van der Waals surface area contributed by atoms with Crippen LogP contribution >= 0.6 is 0 Å². The van der Waals surface area contributed by atoms with Crippen LogP contribution < -0.4 is 10.2 Å². The summed E-state index contributed by atoms with van der Waals surface area (Å²) in [5, 5.41) is 18.9. The SMILES string of the molecule is OC1CCN(c2ccc3c(cnn3CC3CCNCC3)c2)C1. The summed E-state index contributed by atoms with van der Waals surface area (Å²) >= 11 is 0. The molecule has 0 saturated carbocycles. The molecule has 2 fully saturated rings. The molecular weight excluding hydrogens is 276 g/mol. The zero-order valence-electron chi connectivity index (χ0n) is 12.9. The molecule has 1 aromatic carbocycles. The van der Waals surface area contributed by atoms with E-state index in [1.54, 1.807) is 0 Å². The Labute approximate surface area is 130 Å². The Morgan fingerprint density at radius 2 is 2.09 bits per heavy atom. The Morgan fingerprint density at radius 1 is 1.23 bits per heavy atom. The minimum absolute atomic E-state index is 0.182. The van der Waals surface area contributed by atoms with Crippen LogP contribution in [0.1, 0.15) is 19.3 Å². The maximum absolute atomic E-state index is 9.70. The van der Waals surface area contributed by atoms with Crippen molar-refractivity contribution in [1.82, 2.24) is 15.1 Å². The van der Waals surface area contributed by atoms with Gasteiger partial charge in [0.05, 0.1) is 17.8 Å². The van der Waals surface area contributed by atoms with Crippen LogP contribution in [0.15, 0.2) is 24.4 Å². The summed E-state index contributed by atoms with van der Waals surface area (Å²) in [7, 11) is 0. The molecule has 0 amide bonds. The molecule has 2 N–H and O–H groups in total. The van der Waals surface area contributed by atoms with E-state index in [9.17, 15) is 5.11 Å². The van der Waals surface area contributed by atoms with Crippen LogP contribution in [0.3, 0.4) is 0 Å². The van der Waals surface area contributed by atoms with E-state index in [1.807, 2.05) is 6.20 Å². The van der Waals surface area contributed by atoms with Crippen LogP contribution in [-0.4, -0.2) is 47.2 Å². The number of nitrogens with zero attached hydrogens (tertiary/aromatic N) is 3. The van der Waals surface area contributed by atoms with Crippen LogP contribution in [0.4, 0.5) is 5.69 Å². The smallest absolute Gasteiger partial charge is 0.0731 e. The first kappa shape index (κ1) is 14.0. The van der Waals surface area contributed by atoms with Crippen molar-refractivity contribution in [3.05, 3.63) is 24.4 Å². The monoisotopic (exact) mass is 300 g/mol. The molecule has 2 aliphatic rings. The van der Waals surface area contributed by atoms with E-state index < -0.39 is 0 Å². The van der Waals surface area contributed by atoms with Crippen LogP contribution in [0.25, 0.3) is 10.9 Å². The van der Waals surface area contributed by atoms with Crippen molar-refractivity contribution in [1.29, 1.82) is 0 Å². The van der Waals surface area contributed by atoms with E-state index in [2.05, 4.69) is 38.2 Å². The Morgan fingerprint density at radius 3 is 2.86 bits per heavy atom. The highest BCUT2D eigenvalue weighted by molar-refractivity contribution is 5.82. The van der Waals surface area contributed by atoms with Gasteiger partial charge in [0.1, 0.15) is 0 Å². The Balaban J connectivity index is 1.54. The minimum Gasteiger partial charge on any atom is -0.391 e. The van der Waals surface area contributed by atoms with Gasteiger partial charge in [-0.15, -0.1) is 0 Å². The molecule has 0 aliphatic carbocycles. The average Bonchev–Trinajstić information content (AvgIpc) is 3.15. The van der Waals surface area contributed by atoms with Gasteiger partial charge in [-0.3, -0.25) is 4.68 Å². The normalized spacial score (nSPS) is 23.5. The molecule has 0 radical (unpaired) electrons. The van der Waals surface area contributed by atoms with Crippen LogP contribution in [0, 0.1) is 5.92 Å². The molecule has 1 aromatic heterocycles. The van der Waals surface area contributed by atoms with Gasteiger partial charge in [-0.2, -0.15) is 5.10 Å². The fraction of sp³-hybridized carbons (Fsp3) is 0.588. The van der Waals surface area contributed by atoms with Crippen molar-refractivity contribution in [2.45, 2.75) is 31.9 Å². The lowest BCUT2D eigenvalue weighted by atomic mass is 9.98. The molecule has 5 heteroatoms.